The molecule has 100 valence electrons. The molecule has 0 saturated carbocycles. The number of amides is 1. The smallest absolute Gasteiger partial charge is 0.242 e. The van der Waals surface area contributed by atoms with Gasteiger partial charge in [-0.2, -0.15) is 0 Å². The third-order valence-corrected chi connectivity index (χ3v) is 2.40. The van der Waals surface area contributed by atoms with Crippen LogP contribution >= 0.6 is 0 Å². The molecule has 3 nitrogen and oxygen atoms in total. The van der Waals surface area contributed by atoms with Crippen LogP contribution in [0.5, 0.6) is 0 Å². The largest absolute Gasteiger partial charge is 0.371 e. The Bertz CT molecular complexity index is 421. The number of nitrogens with one attached hydrogen (secondary N) is 2. The Labute approximate surface area is 106 Å². The molecule has 0 bridgehead atoms. The summed E-state index contributed by atoms with van der Waals surface area (Å²) in [5.74, 6) is -1.81. The highest BCUT2D eigenvalue weighted by Crippen LogP contribution is 2.17. The number of hydrogen-bond acceptors (Lipinski definition) is 2. The maximum Gasteiger partial charge on any atom is 0.242 e. The molecule has 1 amide bonds. The molecule has 0 aliphatic heterocycles. The molecular weight excluding hydrogens is 238 g/mol. The highest BCUT2D eigenvalue weighted by molar-refractivity contribution is 5.84. The number of halogens is 2. The van der Waals surface area contributed by atoms with Gasteiger partial charge in [-0.15, -0.1) is 0 Å². The lowest BCUT2D eigenvalue weighted by Gasteiger charge is -2.16. The van der Waals surface area contributed by atoms with Crippen molar-refractivity contribution >= 4 is 11.6 Å². The van der Waals surface area contributed by atoms with Gasteiger partial charge in [0, 0.05) is 6.54 Å². The Morgan fingerprint density at radius 3 is 2.56 bits per heavy atom. The molecule has 0 spiro atoms. The van der Waals surface area contributed by atoms with Gasteiger partial charge in [0.25, 0.3) is 0 Å². The van der Waals surface area contributed by atoms with Crippen LogP contribution in [-0.4, -0.2) is 18.5 Å². The fraction of sp³-hybridized carbons (Fsp3) is 0.462. The van der Waals surface area contributed by atoms with Crippen molar-refractivity contribution in [3.8, 4) is 0 Å². The van der Waals surface area contributed by atoms with Crippen LogP contribution in [0.2, 0.25) is 0 Å². The monoisotopic (exact) mass is 256 g/mol. The molecule has 0 heterocycles. The van der Waals surface area contributed by atoms with Crippen molar-refractivity contribution in [2.75, 3.05) is 11.9 Å². The van der Waals surface area contributed by atoms with E-state index in [9.17, 15) is 13.6 Å². The highest BCUT2D eigenvalue weighted by Gasteiger charge is 2.15. The molecule has 1 aromatic carbocycles. The number of benzene rings is 1. The van der Waals surface area contributed by atoms with Gasteiger partial charge in [0.05, 0.1) is 5.69 Å². The van der Waals surface area contributed by atoms with Gasteiger partial charge < -0.3 is 10.6 Å². The first-order valence-corrected chi connectivity index (χ1v) is 5.90. The van der Waals surface area contributed by atoms with E-state index in [-0.39, 0.29) is 11.6 Å². The number of hydrogen-bond donors (Lipinski definition) is 2. The van der Waals surface area contributed by atoms with Gasteiger partial charge in [0.1, 0.15) is 6.04 Å². The van der Waals surface area contributed by atoms with E-state index in [1.807, 2.05) is 13.8 Å². The number of rotatable bonds is 5. The van der Waals surface area contributed by atoms with Crippen molar-refractivity contribution in [1.29, 1.82) is 0 Å². The molecule has 0 aromatic heterocycles. The second-order valence-electron chi connectivity index (χ2n) is 4.61. The minimum atomic E-state index is -0.971. The predicted molar refractivity (Wildman–Crippen MR) is 67.3 cm³/mol. The number of carbonyl (C=O) groups excluding carboxylic acids is 1. The van der Waals surface area contributed by atoms with Crippen LogP contribution in [0.25, 0.3) is 0 Å². The third-order valence-electron chi connectivity index (χ3n) is 2.40. The van der Waals surface area contributed by atoms with Crippen molar-refractivity contribution in [3.05, 3.63) is 29.8 Å². The summed E-state index contributed by atoms with van der Waals surface area (Å²) in [5.41, 5.74) is -0.0119. The molecule has 5 heteroatoms. The second-order valence-corrected chi connectivity index (χ2v) is 4.61. The van der Waals surface area contributed by atoms with Crippen molar-refractivity contribution in [3.63, 3.8) is 0 Å². The van der Waals surface area contributed by atoms with Crippen LogP contribution < -0.4 is 10.6 Å². The first-order valence-electron chi connectivity index (χ1n) is 5.90. The summed E-state index contributed by atoms with van der Waals surface area (Å²) in [6, 6.07) is 3.19. The van der Waals surface area contributed by atoms with Gasteiger partial charge in [-0.1, -0.05) is 19.9 Å². The summed E-state index contributed by atoms with van der Waals surface area (Å²) >= 11 is 0. The highest BCUT2D eigenvalue weighted by atomic mass is 19.2. The summed E-state index contributed by atoms with van der Waals surface area (Å²) in [5, 5.41) is 5.37. The molecule has 18 heavy (non-hydrogen) atoms. The number of carbonyl (C=O) groups is 1. The Hall–Kier alpha value is -1.65. The molecule has 0 radical (unpaired) electrons. The Morgan fingerprint density at radius 2 is 1.94 bits per heavy atom. The molecule has 1 aromatic rings. The van der Waals surface area contributed by atoms with Gasteiger partial charge in [-0.25, -0.2) is 8.78 Å². The van der Waals surface area contributed by atoms with E-state index in [1.165, 1.54) is 12.1 Å². The van der Waals surface area contributed by atoms with Gasteiger partial charge in [0.15, 0.2) is 11.6 Å². The molecule has 1 atom stereocenters. The van der Waals surface area contributed by atoms with E-state index >= 15 is 0 Å². The van der Waals surface area contributed by atoms with E-state index < -0.39 is 17.7 Å². The van der Waals surface area contributed by atoms with Crippen LogP contribution in [0.15, 0.2) is 18.2 Å². The van der Waals surface area contributed by atoms with E-state index in [1.54, 1.807) is 6.92 Å². The topological polar surface area (TPSA) is 41.1 Å². The van der Waals surface area contributed by atoms with Gasteiger partial charge in [-0.3, -0.25) is 4.79 Å². The molecular formula is C13H18F2N2O. The number of anilines is 1. The summed E-state index contributed by atoms with van der Waals surface area (Å²) in [7, 11) is 0. The Balaban J connectivity index is 2.61. The maximum absolute atomic E-state index is 13.4. The normalized spacial score (nSPS) is 12.3. The van der Waals surface area contributed by atoms with E-state index in [4.69, 9.17) is 0 Å². The maximum atomic E-state index is 13.4. The minimum Gasteiger partial charge on any atom is -0.371 e. The first-order chi connectivity index (χ1) is 8.41. The van der Waals surface area contributed by atoms with Crippen LogP contribution in [0, 0.1) is 17.6 Å². The average molecular weight is 256 g/mol. The fourth-order valence-electron chi connectivity index (χ4n) is 1.37. The molecule has 0 aliphatic rings. The van der Waals surface area contributed by atoms with Gasteiger partial charge >= 0.3 is 0 Å². The van der Waals surface area contributed by atoms with Crippen molar-refractivity contribution < 1.29 is 13.6 Å². The summed E-state index contributed by atoms with van der Waals surface area (Å²) < 4.78 is 26.3. The summed E-state index contributed by atoms with van der Waals surface area (Å²) in [4.78, 5) is 11.7. The van der Waals surface area contributed by atoms with Crippen LogP contribution in [0.4, 0.5) is 14.5 Å². The molecule has 0 saturated heterocycles. The van der Waals surface area contributed by atoms with E-state index in [0.29, 0.717) is 12.5 Å². The average Bonchev–Trinajstić information content (AvgIpc) is 2.31. The van der Waals surface area contributed by atoms with Crippen LogP contribution in [-0.2, 0) is 4.79 Å². The third kappa shape index (κ3) is 3.98. The standard InChI is InChI=1S/C13H18F2N2O/c1-8(2)7-16-13(18)9(3)17-11-6-4-5-10(14)12(11)15/h4-6,8-9,17H,7H2,1-3H3,(H,16,18). The quantitative estimate of drug-likeness (QED) is 0.850. The molecule has 2 N–H and O–H groups in total. The van der Waals surface area contributed by atoms with Crippen molar-refractivity contribution in [1.82, 2.24) is 5.32 Å². The summed E-state index contributed by atoms with van der Waals surface area (Å²) in [6.07, 6.45) is 0. The first kappa shape index (κ1) is 14.4. The SMILES string of the molecule is CC(C)CNC(=O)C(C)Nc1cccc(F)c1F. The van der Waals surface area contributed by atoms with Crippen LogP contribution in [0.3, 0.4) is 0 Å². The Morgan fingerprint density at radius 1 is 1.28 bits per heavy atom. The van der Waals surface area contributed by atoms with Crippen LogP contribution in [0.1, 0.15) is 20.8 Å². The van der Waals surface area contributed by atoms with Crippen molar-refractivity contribution in [2.24, 2.45) is 5.92 Å². The van der Waals surface area contributed by atoms with E-state index in [2.05, 4.69) is 10.6 Å². The lowest BCUT2D eigenvalue weighted by molar-refractivity contribution is -0.121. The molecule has 1 unspecified atom stereocenters. The summed E-state index contributed by atoms with van der Waals surface area (Å²) in [6.45, 7) is 6.10. The second kappa shape index (κ2) is 6.33. The fourth-order valence-corrected chi connectivity index (χ4v) is 1.37. The molecule has 1 rings (SSSR count). The lowest BCUT2D eigenvalue weighted by Crippen LogP contribution is -2.39. The zero-order valence-electron chi connectivity index (χ0n) is 10.8. The molecule has 0 fully saturated rings. The zero-order chi connectivity index (χ0) is 13.7. The molecule has 0 aliphatic carbocycles. The minimum absolute atomic E-state index is 0.0119. The zero-order valence-corrected chi connectivity index (χ0v) is 10.8. The predicted octanol–water partition coefficient (Wildman–Crippen LogP) is 2.54. The van der Waals surface area contributed by atoms with E-state index in [0.717, 1.165) is 6.07 Å². The Kier molecular flexibility index (Phi) is 5.07. The lowest BCUT2D eigenvalue weighted by atomic mass is 10.2. The van der Waals surface area contributed by atoms with Gasteiger partial charge in [0.2, 0.25) is 5.91 Å². The van der Waals surface area contributed by atoms with Crippen molar-refractivity contribution in [2.45, 2.75) is 26.8 Å². The van der Waals surface area contributed by atoms with Gasteiger partial charge in [-0.05, 0) is 25.0 Å².